The summed E-state index contributed by atoms with van der Waals surface area (Å²) in [7, 11) is 1.68. The van der Waals surface area contributed by atoms with Crippen LogP contribution in [-0.4, -0.2) is 54.9 Å². The minimum absolute atomic E-state index is 0.341. The number of aliphatic carboxylic acids is 1. The summed E-state index contributed by atoms with van der Waals surface area (Å²) in [5, 5.41) is 11.1. The molecular formula is C11H20N2O4. The van der Waals surface area contributed by atoms with Crippen molar-refractivity contribution in [2.75, 3.05) is 26.8 Å². The van der Waals surface area contributed by atoms with E-state index in [1.54, 1.807) is 7.05 Å². The van der Waals surface area contributed by atoms with Crippen LogP contribution in [0, 0.1) is 5.92 Å². The summed E-state index contributed by atoms with van der Waals surface area (Å²) in [6.07, 6.45) is 1.90. The molecule has 98 valence electrons. The molecule has 6 heteroatoms. The van der Waals surface area contributed by atoms with Gasteiger partial charge in [-0.05, 0) is 25.7 Å². The van der Waals surface area contributed by atoms with Gasteiger partial charge in [0.05, 0.1) is 0 Å². The Morgan fingerprint density at radius 1 is 1.47 bits per heavy atom. The number of amides is 2. The zero-order chi connectivity index (χ0) is 12.8. The van der Waals surface area contributed by atoms with Crippen LogP contribution in [0.2, 0.25) is 0 Å². The van der Waals surface area contributed by atoms with E-state index in [2.05, 4.69) is 5.32 Å². The van der Waals surface area contributed by atoms with Crippen LogP contribution < -0.4 is 5.32 Å². The van der Waals surface area contributed by atoms with Gasteiger partial charge in [0.15, 0.2) is 0 Å². The van der Waals surface area contributed by atoms with Crippen LogP contribution in [0.4, 0.5) is 4.79 Å². The second kappa shape index (κ2) is 6.44. The molecule has 6 nitrogen and oxygen atoms in total. The third kappa shape index (κ3) is 4.60. The Labute approximate surface area is 101 Å². The second-order valence-electron chi connectivity index (χ2n) is 4.45. The highest BCUT2D eigenvalue weighted by Crippen LogP contribution is 2.15. The minimum atomic E-state index is -1.03. The molecule has 17 heavy (non-hydrogen) atoms. The van der Waals surface area contributed by atoms with E-state index in [-0.39, 0.29) is 6.03 Å². The number of rotatable bonds is 4. The second-order valence-corrected chi connectivity index (χ2v) is 4.45. The van der Waals surface area contributed by atoms with Crippen molar-refractivity contribution in [2.24, 2.45) is 5.92 Å². The molecule has 0 aromatic heterocycles. The molecule has 1 atom stereocenters. The number of carboxylic acid groups (broad SMARTS) is 1. The number of carbonyl (C=O) groups is 2. The Bertz CT molecular complexity index is 277. The zero-order valence-corrected chi connectivity index (χ0v) is 10.3. The molecule has 0 bridgehead atoms. The molecule has 0 aromatic rings. The number of hydrogen-bond donors (Lipinski definition) is 2. The quantitative estimate of drug-likeness (QED) is 0.756. The summed E-state index contributed by atoms with van der Waals surface area (Å²) in [6, 6.07) is -1.20. The van der Waals surface area contributed by atoms with Gasteiger partial charge in [-0.25, -0.2) is 4.79 Å². The van der Waals surface area contributed by atoms with Crippen molar-refractivity contribution >= 4 is 12.0 Å². The van der Waals surface area contributed by atoms with Gasteiger partial charge in [-0.15, -0.1) is 0 Å². The molecule has 1 heterocycles. The molecule has 0 unspecified atom stereocenters. The van der Waals surface area contributed by atoms with Crippen molar-refractivity contribution in [1.29, 1.82) is 0 Å². The Balaban J connectivity index is 2.33. The van der Waals surface area contributed by atoms with Crippen LogP contribution >= 0.6 is 0 Å². The smallest absolute Gasteiger partial charge is 0.325 e. The van der Waals surface area contributed by atoms with E-state index in [0.717, 1.165) is 26.1 Å². The Kier molecular flexibility index (Phi) is 5.21. The number of urea groups is 1. The number of carboxylic acids is 1. The van der Waals surface area contributed by atoms with Gasteiger partial charge in [0.25, 0.3) is 0 Å². The van der Waals surface area contributed by atoms with Crippen LogP contribution in [0.15, 0.2) is 0 Å². The van der Waals surface area contributed by atoms with Gasteiger partial charge in [0, 0.05) is 26.8 Å². The lowest BCUT2D eigenvalue weighted by atomic mass is 10.00. The normalized spacial score (nSPS) is 18.5. The molecule has 1 aliphatic heterocycles. The number of ether oxygens (including phenoxy) is 1. The maximum Gasteiger partial charge on any atom is 0.325 e. The standard InChI is InChI=1S/C11H20N2O4/c1-8(10(14)15)12-11(16)13(2)7-9-3-5-17-6-4-9/h8-9H,3-7H2,1-2H3,(H,12,16)(H,14,15)/t8-/m0/s1. The number of carbonyl (C=O) groups excluding carboxylic acids is 1. The topological polar surface area (TPSA) is 78.9 Å². The van der Waals surface area contributed by atoms with Crippen molar-refractivity contribution in [1.82, 2.24) is 10.2 Å². The summed E-state index contributed by atoms with van der Waals surface area (Å²) in [5.41, 5.74) is 0. The molecular weight excluding hydrogens is 224 g/mol. The third-order valence-electron chi connectivity index (χ3n) is 2.93. The van der Waals surface area contributed by atoms with E-state index in [1.807, 2.05) is 0 Å². The number of nitrogens with one attached hydrogen (secondary N) is 1. The number of hydrogen-bond acceptors (Lipinski definition) is 3. The van der Waals surface area contributed by atoms with E-state index in [4.69, 9.17) is 9.84 Å². The minimum Gasteiger partial charge on any atom is -0.480 e. The summed E-state index contributed by atoms with van der Waals surface area (Å²) >= 11 is 0. The Morgan fingerprint density at radius 2 is 2.06 bits per heavy atom. The van der Waals surface area contributed by atoms with E-state index in [0.29, 0.717) is 12.5 Å². The Morgan fingerprint density at radius 3 is 2.59 bits per heavy atom. The average Bonchev–Trinajstić information content (AvgIpc) is 2.29. The van der Waals surface area contributed by atoms with Gasteiger partial charge in [0.1, 0.15) is 6.04 Å². The van der Waals surface area contributed by atoms with E-state index in [1.165, 1.54) is 11.8 Å². The lowest BCUT2D eigenvalue weighted by molar-refractivity contribution is -0.138. The van der Waals surface area contributed by atoms with E-state index in [9.17, 15) is 9.59 Å². The first-order valence-corrected chi connectivity index (χ1v) is 5.83. The zero-order valence-electron chi connectivity index (χ0n) is 10.3. The van der Waals surface area contributed by atoms with Crippen molar-refractivity contribution in [3.05, 3.63) is 0 Å². The van der Waals surface area contributed by atoms with Crippen LogP contribution in [0.25, 0.3) is 0 Å². The molecule has 0 radical (unpaired) electrons. The van der Waals surface area contributed by atoms with Gasteiger partial charge in [-0.2, -0.15) is 0 Å². The van der Waals surface area contributed by atoms with Gasteiger partial charge in [-0.1, -0.05) is 0 Å². The Hall–Kier alpha value is -1.30. The first-order valence-electron chi connectivity index (χ1n) is 5.83. The van der Waals surface area contributed by atoms with Gasteiger partial charge < -0.3 is 20.1 Å². The molecule has 0 aromatic carbocycles. The first kappa shape index (κ1) is 13.8. The maximum atomic E-state index is 11.7. The van der Waals surface area contributed by atoms with Crippen molar-refractivity contribution in [3.8, 4) is 0 Å². The van der Waals surface area contributed by atoms with Crippen molar-refractivity contribution in [2.45, 2.75) is 25.8 Å². The number of nitrogens with zero attached hydrogens (tertiary/aromatic N) is 1. The summed E-state index contributed by atoms with van der Waals surface area (Å²) in [5.74, 6) is -0.586. The molecule has 0 spiro atoms. The van der Waals surface area contributed by atoms with E-state index < -0.39 is 12.0 Å². The predicted molar refractivity (Wildman–Crippen MR) is 61.8 cm³/mol. The summed E-state index contributed by atoms with van der Waals surface area (Å²) in [6.45, 7) is 3.57. The fraction of sp³-hybridized carbons (Fsp3) is 0.818. The molecule has 2 amide bonds. The lowest BCUT2D eigenvalue weighted by Crippen LogP contribution is -2.46. The molecule has 2 N–H and O–H groups in total. The third-order valence-corrected chi connectivity index (χ3v) is 2.93. The fourth-order valence-electron chi connectivity index (χ4n) is 1.76. The largest absolute Gasteiger partial charge is 0.480 e. The highest BCUT2D eigenvalue weighted by atomic mass is 16.5. The van der Waals surface area contributed by atoms with Crippen LogP contribution in [0.5, 0.6) is 0 Å². The van der Waals surface area contributed by atoms with Gasteiger partial charge in [0.2, 0.25) is 0 Å². The highest BCUT2D eigenvalue weighted by molar-refractivity contribution is 5.82. The van der Waals surface area contributed by atoms with E-state index >= 15 is 0 Å². The van der Waals surface area contributed by atoms with Crippen LogP contribution in [-0.2, 0) is 9.53 Å². The van der Waals surface area contributed by atoms with Crippen LogP contribution in [0.1, 0.15) is 19.8 Å². The first-order chi connectivity index (χ1) is 8.00. The monoisotopic (exact) mass is 244 g/mol. The SMILES string of the molecule is C[C@H](NC(=O)N(C)CC1CCOCC1)C(=O)O. The maximum absolute atomic E-state index is 11.7. The summed E-state index contributed by atoms with van der Waals surface area (Å²) < 4.78 is 5.24. The summed E-state index contributed by atoms with van der Waals surface area (Å²) in [4.78, 5) is 23.8. The molecule has 0 aliphatic carbocycles. The van der Waals surface area contributed by atoms with Crippen LogP contribution in [0.3, 0.4) is 0 Å². The highest BCUT2D eigenvalue weighted by Gasteiger charge is 2.21. The molecule has 1 fully saturated rings. The predicted octanol–water partition coefficient (Wildman–Crippen LogP) is 0.527. The molecule has 1 aliphatic rings. The molecule has 1 rings (SSSR count). The molecule has 1 saturated heterocycles. The van der Waals surface area contributed by atoms with Crippen molar-refractivity contribution in [3.63, 3.8) is 0 Å². The average molecular weight is 244 g/mol. The van der Waals surface area contributed by atoms with Gasteiger partial charge in [-0.3, -0.25) is 4.79 Å². The molecule has 0 saturated carbocycles. The van der Waals surface area contributed by atoms with Gasteiger partial charge >= 0.3 is 12.0 Å². The van der Waals surface area contributed by atoms with Crippen molar-refractivity contribution < 1.29 is 19.4 Å². The lowest BCUT2D eigenvalue weighted by Gasteiger charge is -2.27. The fourth-order valence-corrected chi connectivity index (χ4v) is 1.76.